The summed E-state index contributed by atoms with van der Waals surface area (Å²) in [6, 6.07) is 1.46. The number of halogens is 1. The lowest BCUT2D eigenvalue weighted by Gasteiger charge is -2.37. The number of carbonyl (C=O) groups is 3. The molecule has 2 atom stereocenters. The summed E-state index contributed by atoms with van der Waals surface area (Å²) in [5.74, 6) is -2.40. The second-order valence-electron chi connectivity index (χ2n) is 8.46. The fourth-order valence-corrected chi connectivity index (χ4v) is 5.34. The van der Waals surface area contributed by atoms with Gasteiger partial charge in [0.25, 0.3) is 0 Å². The van der Waals surface area contributed by atoms with Gasteiger partial charge in [-0.1, -0.05) is 18.5 Å². The van der Waals surface area contributed by atoms with Gasteiger partial charge in [-0.05, 0) is 13.8 Å². The molecular weight excluding hydrogens is 510 g/mol. The van der Waals surface area contributed by atoms with Crippen LogP contribution in [0.4, 0.5) is 5.13 Å². The van der Waals surface area contributed by atoms with Gasteiger partial charge in [0.15, 0.2) is 22.4 Å². The van der Waals surface area contributed by atoms with Gasteiger partial charge in [0, 0.05) is 29.5 Å². The van der Waals surface area contributed by atoms with Crippen molar-refractivity contribution in [2.24, 2.45) is 10.9 Å². The number of hydrogen-bond donors (Lipinski definition) is 2. The van der Waals surface area contributed by atoms with Crippen LogP contribution in [0.1, 0.15) is 36.3 Å². The van der Waals surface area contributed by atoms with Crippen LogP contribution in [-0.4, -0.2) is 59.6 Å². The summed E-state index contributed by atoms with van der Waals surface area (Å²) < 4.78 is 16.7. The fourth-order valence-electron chi connectivity index (χ4n) is 4.37. The topological polar surface area (TPSA) is 136 Å². The van der Waals surface area contributed by atoms with Crippen LogP contribution in [0, 0.1) is 12.8 Å². The van der Waals surface area contributed by atoms with Crippen molar-refractivity contribution in [3.63, 3.8) is 0 Å². The van der Waals surface area contributed by atoms with E-state index in [0.717, 1.165) is 5.69 Å². The largest absolute Gasteiger partial charge is 0.507 e. The van der Waals surface area contributed by atoms with Crippen molar-refractivity contribution in [1.29, 1.82) is 0 Å². The van der Waals surface area contributed by atoms with Crippen molar-refractivity contribution in [3.05, 3.63) is 39.1 Å². The average Bonchev–Trinajstić information content (AvgIpc) is 3.38. The molecule has 2 N–H and O–H groups in total. The van der Waals surface area contributed by atoms with Crippen LogP contribution in [0.25, 0.3) is 0 Å². The summed E-state index contributed by atoms with van der Waals surface area (Å²) in [5, 5.41) is 16.3. The Morgan fingerprint density at radius 2 is 2.06 bits per heavy atom. The Morgan fingerprint density at radius 3 is 2.67 bits per heavy atom. The van der Waals surface area contributed by atoms with Gasteiger partial charge in [0.05, 0.1) is 25.5 Å². The van der Waals surface area contributed by atoms with Gasteiger partial charge in [-0.3, -0.25) is 19.4 Å². The molecule has 12 heteroatoms. The van der Waals surface area contributed by atoms with Gasteiger partial charge in [0.2, 0.25) is 17.3 Å². The van der Waals surface area contributed by atoms with Gasteiger partial charge in [0.1, 0.15) is 28.6 Å². The Balaban J connectivity index is 1.72. The molecule has 0 saturated heterocycles. The summed E-state index contributed by atoms with van der Waals surface area (Å²) >= 11 is 7.71. The number of ketones is 2. The van der Waals surface area contributed by atoms with E-state index < -0.39 is 34.8 Å². The number of amides is 1. The van der Waals surface area contributed by atoms with Crippen LogP contribution >= 0.6 is 22.9 Å². The first-order valence-electron chi connectivity index (χ1n) is 10.9. The van der Waals surface area contributed by atoms with E-state index >= 15 is 0 Å². The zero-order chi connectivity index (χ0) is 26.4. The Labute approximate surface area is 215 Å². The van der Waals surface area contributed by atoms with Gasteiger partial charge >= 0.3 is 0 Å². The molecule has 1 amide bonds. The van der Waals surface area contributed by atoms with Crippen molar-refractivity contribution < 1.29 is 33.7 Å². The first-order chi connectivity index (χ1) is 17.0. The Bertz CT molecular complexity index is 1350. The number of carbonyl (C=O) groups excluding carboxylic acids is 3. The number of Topliss-reactive ketones (excluding diaryl/α,β-unsaturated/α-hetero) is 2. The van der Waals surface area contributed by atoms with Crippen molar-refractivity contribution in [2.45, 2.75) is 32.8 Å². The number of aliphatic hydroxyl groups is 1. The third kappa shape index (κ3) is 4.01. The first-order valence-corrected chi connectivity index (χ1v) is 12.2. The summed E-state index contributed by atoms with van der Waals surface area (Å²) in [6.07, 6.45) is -0.104. The number of fused-ring (bicyclic) bond motifs is 1. The third-order valence-electron chi connectivity index (χ3n) is 6.16. The lowest BCUT2D eigenvalue weighted by Crippen LogP contribution is -2.53. The van der Waals surface area contributed by atoms with Crippen LogP contribution in [0.5, 0.6) is 17.2 Å². The Kier molecular flexibility index (Phi) is 6.80. The van der Waals surface area contributed by atoms with Gasteiger partial charge in [-0.2, -0.15) is 0 Å². The van der Waals surface area contributed by atoms with E-state index in [1.165, 1.54) is 38.5 Å². The highest BCUT2D eigenvalue weighted by atomic mass is 35.5. The van der Waals surface area contributed by atoms with Crippen LogP contribution < -0.4 is 19.5 Å². The van der Waals surface area contributed by atoms with Crippen LogP contribution in [-0.2, 0) is 9.59 Å². The van der Waals surface area contributed by atoms with Crippen LogP contribution in [0.3, 0.4) is 0 Å². The summed E-state index contributed by atoms with van der Waals surface area (Å²) in [5.41, 5.74) is -1.17. The minimum atomic E-state index is -1.91. The molecule has 2 aromatic rings. The van der Waals surface area contributed by atoms with E-state index in [4.69, 9.17) is 25.8 Å². The third-order valence-corrected chi connectivity index (χ3v) is 7.39. The fraction of sp³-hybridized carbons (Fsp3) is 0.375. The number of aryl methyl sites for hydroxylation is 1. The van der Waals surface area contributed by atoms with E-state index in [1.807, 2.05) is 0 Å². The van der Waals surface area contributed by atoms with E-state index in [1.54, 1.807) is 19.2 Å². The number of rotatable bonds is 6. The molecule has 0 radical (unpaired) electrons. The zero-order valence-corrected chi connectivity index (χ0v) is 21.8. The number of aliphatic imine (C=N–C) groups is 1. The number of benzene rings is 1. The number of allylic oxidation sites excluding steroid dienone is 1. The molecule has 1 aromatic heterocycles. The summed E-state index contributed by atoms with van der Waals surface area (Å²) in [4.78, 5) is 47.4. The highest BCUT2D eigenvalue weighted by Crippen LogP contribution is 2.54. The van der Waals surface area contributed by atoms with Crippen molar-refractivity contribution in [2.75, 3.05) is 26.1 Å². The van der Waals surface area contributed by atoms with Gasteiger partial charge in [-0.15, -0.1) is 11.3 Å². The van der Waals surface area contributed by atoms with Crippen molar-refractivity contribution in [1.82, 2.24) is 4.98 Å². The molecule has 190 valence electrons. The molecular formula is C24H24ClN3O7S. The van der Waals surface area contributed by atoms with Crippen molar-refractivity contribution in [3.8, 4) is 17.2 Å². The smallest absolute Gasteiger partial charge is 0.247 e. The highest BCUT2D eigenvalue weighted by Gasteiger charge is 2.61. The van der Waals surface area contributed by atoms with Crippen LogP contribution in [0.2, 0.25) is 5.02 Å². The molecule has 4 rings (SSSR count). The number of nitrogens with one attached hydrogen (secondary N) is 1. The number of thiazole rings is 1. The minimum Gasteiger partial charge on any atom is -0.507 e. The molecule has 0 unspecified atom stereocenters. The zero-order valence-electron chi connectivity index (χ0n) is 20.2. The normalized spacial score (nSPS) is 21.5. The maximum absolute atomic E-state index is 13.8. The van der Waals surface area contributed by atoms with E-state index in [9.17, 15) is 19.5 Å². The average molecular weight is 534 g/mol. The summed E-state index contributed by atoms with van der Waals surface area (Å²) in [7, 11) is 2.79. The number of aliphatic hydroxyl groups excluding tert-OH is 1. The maximum atomic E-state index is 13.8. The second-order valence-corrected chi connectivity index (χ2v) is 9.70. The quantitative estimate of drug-likeness (QED) is 0.532. The van der Waals surface area contributed by atoms with E-state index in [0.29, 0.717) is 5.13 Å². The van der Waals surface area contributed by atoms with E-state index in [2.05, 4.69) is 15.3 Å². The van der Waals surface area contributed by atoms with Gasteiger partial charge < -0.3 is 24.6 Å². The lowest BCUT2D eigenvalue weighted by atomic mass is 9.72. The predicted octanol–water partition coefficient (Wildman–Crippen LogP) is 3.96. The van der Waals surface area contributed by atoms with Crippen molar-refractivity contribution >= 4 is 51.3 Å². The van der Waals surface area contributed by atoms with Gasteiger partial charge in [-0.25, -0.2) is 4.98 Å². The monoisotopic (exact) mass is 533 g/mol. The molecule has 36 heavy (non-hydrogen) atoms. The SMILES string of the molecule is COc1cc(OC)c2c(c1Cl)O[C@]1(C2=O)C(O)=C(C(C)=NCC(=O)Nc2nc(C)cs2)C(=O)C[C@H]1C. The summed E-state index contributed by atoms with van der Waals surface area (Å²) in [6.45, 7) is 4.60. The molecule has 2 aliphatic rings. The number of hydrogen-bond acceptors (Lipinski definition) is 10. The molecule has 1 aliphatic heterocycles. The molecule has 1 spiro atoms. The minimum absolute atomic E-state index is 0.00215. The highest BCUT2D eigenvalue weighted by molar-refractivity contribution is 7.13. The molecule has 0 bridgehead atoms. The number of anilines is 1. The molecule has 0 fully saturated rings. The number of nitrogens with zero attached hydrogens (tertiary/aromatic N) is 2. The lowest BCUT2D eigenvalue weighted by molar-refractivity contribution is -0.119. The van der Waals surface area contributed by atoms with E-state index in [-0.39, 0.29) is 52.1 Å². The molecule has 1 aliphatic carbocycles. The second kappa shape index (κ2) is 9.55. The molecule has 1 aromatic carbocycles. The number of ether oxygens (including phenoxy) is 3. The Hall–Kier alpha value is -3.44. The Morgan fingerprint density at radius 1 is 1.36 bits per heavy atom. The number of methoxy groups -OCH3 is 2. The van der Waals surface area contributed by atoms with Crippen LogP contribution in [0.15, 0.2) is 27.8 Å². The maximum Gasteiger partial charge on any atom is 0.247 e. The molecule has 10 nitrogen and oxygen atoms in total. The molecule has 2 heterocycles. The predicted molar refractivity (Wildman–Crippen MR) is 134 cm³/mol. The standard InChI is InChI=1S/C24H24ClN3O7S/c1-10-6-13(29)17(12(3)26-8-16(30)28-23-27-11(2)9-36-23)21(31)24(10)22(32)18-14(33-4)7-15(34-5)19(25)20(18)35-24/h7,9-10,31H,6,8H2,1-5H3,(H,27,28,30)/t10-,24+/m1/s1. The first kappa shape index (κ1) is 25.6. The number of aromatic nitrogens is 1. The molecule has 0 saturated carbocycles.